The van der Waals surface area contributed by atoms with Crippen LogP contribution in [-0.4, -0.2) is 35.2 Å². The van der Waals surface area contributed by atoms with E-state index in [0.717, 1.165) is 6.07 Å². The van der Waals surface area contributed by atoms with Crippen molar-refractivity contribution in [2.24, 2.45) is 0 Å². The molecule has 0 saturated heterocycles. The third-order valence-electron chi connectivity index (χ3n) is 3.22. The number of hydrogen-bond acceptors (Lipinski definition) is 5. The number of hydrogen-bond donors (Lipinski definition) is 2. The maximum absolute atomic E-state index is 11.9. The molecule has 102 valence electrons. The van der Waals surface area contributed by atoms with Crippen LogP contribution in [0.3, 0.4) is 0 Å². The largest absolute Gasteiger partial charge is 0.502 e. The molecule has 2 rings (SSSR count). The Morgan fingerprint density at radius 2 is 2.21 bits per heavy atom. The fraction of sp³-hybridized carbons (Fsp3) is 0.417. The van der Waals surface area contributed by atoms with Crippen molar-refractivity contribution in [2.75, 3.05) is 7.11 Å². The Bertz CT molecular complexity index is 511. The number of rotatable bonds is 4. The number of carbonyl (C=O) groups is 1. The third kappa shape index (κ3) is 2.65. The number of nitrogens with one attached hydrogen (secondary N) is 1. The first-order valence-corrected chi connectivity index (χ1v) is 5.83. The summed E-state index contributed by atoms with van der Waals surface area (Å²) in [4.78, 5) is 21.8. The molecule has 0 atom stereocenters. The molecule has 7 heteroatoms. The number of nitro groups is 1. The Balaban J connectivity index is 2.08. The van der Waals surface area contributed by atoms with Crippen molar-refractivity contribution < 1.29 is 19.6 Å². The third-order valence-corrected chi connectivity index (χ3v) is 3.22. The van der Waals surface area contributed by atoms with Crippen molar-refractivity contribution in [3.05, 3.63) is 33.9 Å². The average Bonchev–Trinajstić information content (AvgIpc) is 2.32. The molecule has 0 spiro atoms. The normalized spacial score (nSPS) is 21.5. The number of methoxy groups -OCH3 is 1. The zero-order valence-electron chi connectivity index (χ0n) is 10.3. The molecule has 1 aliphatic rings. The van der Waals surface area contributed by atoms with Gasteiger partial charge in [0.25, 0.3) is 5.91 Å². The van der Waals surface area contributed by atoms with E-state index in [9.17, 15) is 20.0 Å². The molecule has 1 amide bonds. The highest BCUT2D eigenvalue weighted by molar-refractivity contribution is 5.98. The average molecular weight is 266 g/mol. The van der Waals surface area contributed by atoms with Gasteiger partial charge in [0.05, 0.1) is 16.6 Å². The van der Waals surface area contributed by atoms with Gasteiger partial charge < -0.3 is 15.2 Å². The number of para-hydroxylation sites is 1. The van der Waals surface area contributed by atoms with E-state index >= 15 is 0 Å². The van der Waals surface area contributed by atoms with Crippen LogP contribution in [-0.2, 0) is 4.74 Å². The number of carbonyl (C=O) groups excluding carboxylic acids is 1. The van der Waals surface area contributed by atoms with E-state index in [1.807, 2.05) is 0 Å². The van der Waals surface area contributed by atoms with E-state index in [1.165, 1.54) is 12.1 Å². The van der Waals surface area contributed by atoms with Crippen LogP contribution in [0.1, 0.15) is 23.2 Å². The summed E-state index contributed by atoms with van der Waals surface area (Å²) in [6, 6.07) is 3.85. The van der Waals surface area contributed by atoms with Gasteiger partial charge in [0.2, 0.25) is 5.75 Å². The number of benzene rings is 1. The Labute approximate surface area is 109 Å². The molecule has 0 radical (unpaired) electrons. The summed E-state index contributed by atoms with van der Waals surface area (Å²) in [7, 11) is 1.61. The zero-order valence-corrected chi connectivity index (χ0v) is 10.3. The van der Waals surface area contributed by atoms with Crippen molar-refractivity contribution in [3.8, 4) is 5.75 Å². The maximum atomic E-state index is 11.9. The minimum absolute atomic E-state index is 0.0175. The van der Waals surface area contributed by atoms with Crippen LogP contribution in [0.4, 0.5) is 5.69 Å². The fourth-order valence-corrected chi connectivity index (χ4v) is 2.00. The number of nitro benzene ring substituents is 1. The predicted octanol–water partition coefficient (Wildman–Crippen LogP) is 1.21. The van der Waals surface area contributed by atoms with Gasteiger partial charge in [0.15, 0.2) is 0 Å². The molecule has 0 unspecified atom stereocenters. The topological polar surface area (TPSA) is 102 Å². The van der Waals surface area contributed by atoms with Gasteiger partial charge in [-0.2, -0.15) is 0 Å². The number of amides is 1. The first-order valence-electron chi connectivity index (χ1n) is 5.83. The highest BCUT2D eigenvalue weighted by Gasteiger charge is 2.31. The lowest BCUT2D eigenvalue weighted by Gasteiger charge is -2.34. The van der Waals surface area contributed by atoms with Gasteiger partial charge in [-0.05, 0) is 18.9 Å². The van der Waals surface area contributed by atoms with Crippen molar-refractivity contribution in [1.29, 1.82) is 0 Å². The highest BCUT2D eigenvalue weighted by Crippen LogP contribution is 2.30. The smallest absolute Gasteiger partial charge is 0.311 e. The first-order chi connectivity index (χ1) is 9.02. The zero-order chi connectivity index (χ0) is 14.0. The summed E-state index contributed by atoms with van der Waals surface area (Å²) in [6.07, 6.45) is 1.56. The summed E-state index contributed by atoms with van der Waals surface area (Å²) >= 11 is 0. The second-order valence-electron chi connectivity index (χ2n) is 4.43. The van der Waals surface area contributed by atoms with Gasteiger partial charge in [-0.25, -0.2) is 0 Å². The second kappa shape index (κ2) is 5.23. The number of aromatic hydroxyl groups is 1. The van der Waals surface area contributed by atoms with Crippen LogP contribution < -0.4 is 5.32 Å². The van der Waals surface area contributed by atoms with Crippen LogP contribution >= 0.6 is 0 Å². The summed E-state index contributed by atoms with van der Waals surface area (Å²) in [5.41, 5.74) is -0.564. The van der Waals surface area contributed by atoms with Crippen LogP contribution in [0.15, 0.2) is 18.2 Å². The van der Waals surface area contributed by atoms with Gasteiger partial charge in [-0.1, -0.05) is 6.07 Å². The van der Waals surface area contributed by atoms with E-state index < -0.39 is 22.3 Å². The van der Waals surface area contributed by atoms with Gasteiger partial charge in [0.1, 0.15) is 0 Å². The number of phenols is 1. The molecule has 0 aromatic heterocycles. The molecule has 1 saturated carbocycles. The summed E-state index contributed by atoms with van der Waals surface area (Å²) in [6.45, 7) is 0. The van der Waals surface area contributed by atoms with Crippen LogP contribution in [0, 0.1) is 10.1 Å². The lowest BCUT2D eigenvalue weighted by Crippen LogP contribution is -2.47. The molecule has 19 heavy (non-hydrogen) atoms. The van der Waals surface area contributed by atoms with E-state index in [-0.39, 0.29) is 17.7 Å². The summed E-state index contributed by atoms with van der Waals surface area (Å²) < 4.78 is 5.09. The summed E-state index contributed by atoms with van der Waals surface area (Å²) in [5, 5.41) is 23.1. The van der Waals surface area contributed by atoms with Crippen LogP contribution in [0.25, 0.3) is 0 Å². The SMILES string of the molecule is COC1CC(NC(=O)c2cccc([N+](=O)[O-])c2O)C1. The van der Waals surface area contributed by atoms with Gasteiger partial charge in [-0.15, -0.1) is 0 Å². The van der Waals surface area contributed by atoms with Crippen molar-refractivity contribution in [2.45, 2.75) is 25.0 Å². The van der Waals surface area contributed by atoms with Crippen molar-refractivity contribution in [3.63, 3.8) is 0 Å². The number of phenolic OH excluding ortho intramolecular Hbond substituents is 1. The molecule has 0 aliphatic heterocycles. The molecule has 1 fully saturated rings. The standard InChI is InChI=1S/C12H14N2O5/c1-19-8-5-7(6-8)13-12(16)9-3-2-4-10(11(9)15)14(17)18/h2-4,7-8,15H,5-6H2,1H3,(H,13,16). The predicted molar refractivity (Wildman–Crippen MR) is 66.0 cm³/mol. The minimum Gasteiger partial charge on any atom is -0.502 e. The van der Waals surface area contributed by atoms with Gasteiger partial charge in [0, 0.05) is 19.2 Å². The molecule has 0 bridgehead atoms. The highest BCUT2D eigenvalue weighted by atomic mass is 16.6. The molecule has 7 nitrogen and oxygen atoms in total. The molecule has 1 aliphatic carbocycles. The molecule has 1 aromatic carbocycles. The lowest BCUT2D eigenvalue weighted by molar-refractivity contribution is -0.385. The fourth-order valence-electron chi connectivity index (χ4n) is 2.00. The monoisotopic (exact) mass is 266 g/mol. The van der Waals surface area contributed by atoms with Crippen LogP contribution in [0.5, 0.6) is 5.75 Å². The Hall–Kier alpha value is -2.15. The number of ether oxygens (including phenoxy) is 1. The second-order valence-corrected chi connectivity index (χ2v) is 4.43. The van der Waals surface area contributed by atoms with E-state index in [2.05, 4.69) is 5.32 Å². The number of nitrogens with zero attached hydrogens (tertiary/aromatic N) is 1. The minimum atomic E-state index is -0.726. The first kappa shape index (κ1) is 13.3. The lowest BCUT2D eigenvalue weighted by atomic mass is 9.89. The van der Waals surface area contributed by atoms with Crippen molar-refractivity contribution >= 4 is 11.6 Å². The molecule has 0 heterocycles. The Morgan fingerprint density at radius 3 is 2.79 bits per heavy atom. The van der Waals surface area contributed by atoms with Crippen molar-refractivity contribution in [1.82, 2.24) is 5.32 Å². The van der Waals surface area contributed by atoms with Gasteiger partial charge >= 0.3 is 5.69 Å². The Kier molecular flexibility index (Phi) is 3.66. The van der Waals surface area contributed by atoms with Gasteiger partial charge in [-0.3, -0.25) is 14.9 Å². The molecular weight excluding hydrogens is 252 g/mol. The molecule has 1 aromatic rings. The van der Waals surface area contributed by atoms with E-state index in [1.54, 1.807) is 7.11 Å². The Morgan fingerprint density at radius 1 is 1.53 bits per heavy atom. The summed E-state index contributed by atoms with van der Waals surface area (Å²) in [5.74, 6) is -1.12. The molecular formula is C12H14N2O5. The van der Waals surface area contributed by atoms with Crippen LogP contribution in [0.2, 0.25) is 0 Å². The van der Waals surface area contributed by atoms with E-state index in [0.29, 0.717) is 12.8 Å². The molecule has 2 N–H and O–H groups in total. The quantitative estimate of drug-likeness (QED) is 0.630. The maximum Gasteiger partial charge on any atom is 0.311 e. The van der Waals surface area contributed by atoms with E-state index in [4.69, 9.17) is 4.74 Å².